The summed E-state index contributed by atoms with van der Waals surface area (Å²) in [5, 5.41) is 5.27. The van der Waals surface area contributed by atoms with Crippen LogP contribution in [0, 0.1) is 5.92 Å². The minimum absolute atomic E-state index is 0.0714. The highest BCUT2D eigenvalue weighted by Gasteiger charge is 2.25. The van der Waals surface area contributed by atoms with Crippen molar-refractivity contribution in [3.63, 3.8) is 0 Å². The number of nitrogens with zero attached hydrogens (tertiary/aromatic N) is 1. The number of thiophene rings is 1. The number of carbonyl (C=O) groups excluding carboxylic acids is 1. The number of ether oxygens (including phenoxy) is 1. The number of benzene rings is 1. The predicted octanol–water partition coefficient (Wildman–Crippen LogP) is 3.89. The minimum Gasteiger partial charge on any atom is -0.497 e. The van der Waals surface area contributed by atoms with Gasteiger partial charge in [0.1, 0.15) is 5.75 Å². The molecule has 1 unspecified atom stereocenters. The highest BCUT2D eigenvalue weighted by atomic mass is 32.1. The summed E-state index contributed by atoms with van der Waals surface area (Å²) >= 11 is 1.78. The van der Waals surface area contributed by atoms with Crippen molar-refractivity contribution < 1.29 is 9.53 Å². The molecule has 2 aromatic rings. The average molecular weight is 373 g/mol. The van der Waals surface area contributed by atoms with Gasteiger partial charge in [0.25, 0.3) is 0 Å². The molecule has 0 bridgehead atoms. The topological polar surface area (TPSA) is 41.6 Å². The highest BCUT2D eigenvalue weighted by Crippen LogP contribution is 2.29. The lowest BCUT2D eigenvalue weighted by molar-refractivity contribution is -0.120. The molecule has 3 rings (SSSR count). The van der Waals surface area contributed by atoms with Gasteiger partial charge in [0, 0.05) is 11.4 Å². The summed E-state index contributed by atoms with van der Waals surface area (Å²) < 4.78 is 5.16. The monoisotopic (exact) mass is 372 g/mol. The molecule has 1 aliphatic heterocycles. The van der Waals surface area contributed by atoms with Crippen LogP contribution in [0.3, 0.4) is 0 Å². The van der Waals surface area contributed by atoms with Gasteiger partial charge in [-0.2, -0.15) is 0 Å². The van der Waals surface area contributed by atoms with Gasteiger partial charge in [0.2, 0.25) is 5.91 Å². The molecule has 1 atom stereocenters. The summed E-state index contributed by atoms with van der Waals surface area (Å²) in [6.45, 7) is 5.22. The van der Waals surface area contributed by atoms with Crippen molar-refractivity contribution in [1.82, 2.24) is 10.2 Å². The zero-order valence-electron chi connectivity index (χ0n) is 15.6. The lowest BCUT2D eigenvalue weighted by atomic mass is 9.97. The Hall–Kier alpha value is -1.85. The quantitative estimate of drug-likeness (QED) is 0.802. The van der Waals surface area contributed by atoms with Crippen LogP contribution < -0.4 is 10.1 Å². The second-order valence-corrected chi connectivity index (χ2v) is 8.06. The third kappa shape index (κ3) is 5.08. The summed E-state index contributed by atoms with van der Waals surface area (Å²) in [5.74, 6) is 1.69. The zero-order chi connectivity index (χ0) is 18.4. The predicted molar refractivity (Wildman–Crippen MR) is 107 cm³/mol. The third-order valence-corrected chi connectivity index (χ3v) is 6.12. The van der Waals surface area contributed by atoms with E-state index in [-0.39, 0.29) is 11.9 Å². The van der Waals surface area contributed by atoms with Gasteiger partial charge in [0.15, 0.2) is 0 Å². The van der Waals surface area contributed by atoms with E-state index >= 15 is 0 Å². The lowest BCUT2D eigenvalue weighted by Gasteiger charge is -2.36. The standard InChI is InChI=1S/C21H28N2O2S/c1-16-9-11-23(12-10-16)19(20-4-3-13-26-20)15-22-21(24)14-17-5-7-18(25-2)8-6-17/h3-8,13,16,19H,9-12,14-15H2,1-2H3,(H,22,24). The van der Waals surface area contributed by atoms with E-state index in [1.807, 2.05) is 24.3 Å². The Morgan fingerprint density at radius 2 is 2.00 bits per heavy atom. The lowest BCUT2D eigenvalue weighted by Crippen LogP contribution is -2.41. The molecule has 1 aromatic carbocycles. The number of piperidine rings is 1. The maximum Gasteiger partial charge on any atom is 0.224 e. The van der Waals surface area contributed by atoms with Gasteiger partial charge in [0.05, 0.1) is 19.6 Å². The van der Waals surface area contributed by atoms with Gasteiger partial charge in [-0.1, -0.05) is 25.1 Å². The summed E-state index contributed by atoms with van der Waals surface area (Å²) in [6.07, 6.45) is 2.88. The Morgan fingerprint density at radius 1 is 1.27 bits per heavy atom. The molecule has 0 saturated carbocycles. The van der Waals surface area contributed by atoms with Gasteiger partial charge in [-0.05, 0) is 61.0 Å². The van der Waals surface area contributed by atoms with Crippen molar-refractivity contribution in [3.05, 3.63) is 52.2 Å². The maximum absolute atomic E-state index is 12.4. The van der Waals surface area contributed by atoms with Gasteiger partial charge < -0.3 is 10.1 Å². The first kappa shape index (κ1) is 18.9. The Kier molecular flexibility index (Phi) is 6.69. The molecule has 1 N–H and O–H groups in total. The van der Waals surface area contributed by atoms with Crippen LogP contribution >= 0.6 is 11.3 Å². The molecule has 1 saturated heterocycles. The fourth-order valence-corrected chi connectivity index (χ4v) is 4.29. The number of amides is 1. The number of nitrogens with one attached hydrogen (secondary N) is 1. The molecule has 1 aliphatic rings. The third-order valence-electron chi connectivity index (χ3n) is 5.15. The number of methoxy groups -OCH3 is 1. The number of carbonyl (C=O) groups is 1. The SMILES string of the molecule is COc1ccc(CC(=O)NCC(c2cccs2)N2CCC(C)CC2)cc1. The molecular formula is C21H28N2O2S. The Morgan fingerprint density at radius 3 is 2.62 bits per heavy atom. The average Bonchev–Trinajstić information content (AvgIpc) is 3.18. The van der Waals surface area contributed by atoms with Crippen molar-refractivity contribution in [1.29, 1.82) is 0 Å². The first-order valence-corrected chi connectivity index (χ1v) is 10.2. The molecule has 140 valence electrons. The number of rotatable bonds is 7. The van der Waals surface area contributed by atoms with E-state index in [0.29, 0.717) is 13.0 Å². The largest absolute Gasteiger partial charge is 0.497 e. The van der Waals surface area contributed by atoms with E-state index in [9.17, 15) is 4.79 Å². The zero-order valence-corrected chi connectivity index (χ0v) is 16.4. The molecule has 5 heteroatoms. The molecule has 4 nitrogen and oxygen atoms in total. The van der Waals surface area contributed by atoms with Gasteiger partial charge in [-0.15, -0.1) is 11.3 Å². The first-order chi connectivity index (χ1) is 12.7. The smallest absolute Gasteiger partial charge is 0.224 e. The van der Waals surface area contributed by atoms with E-state index in [1.165, 1.54) is 17.7 Å². The second kappa shape index (κ2) is 9.19. The summed E-state index contributed by atoms with van der Waals surface area (Å²) in [7, 11) is 1.65. The highest BCUT2D eigenvalue weighted by molar-refractivity contribution is 7.10. The molecule has 0 spiro atoms. The van der Waals surface area contributed by atoms with Gasteiger partial charge >= 0.3 is 0 Å². The van der Waals surface area contributed by atoms with Gasteiger partial charge in [-0.3, -0.25) is 9.69 Å². The van der Waals surface area contributed by atoms with E-state index in [0.717, 1.165) is 30.3 Å². The fraction of sp³-hybridized carbons (Fsp3) is 0.476. The molecule has 1 fully saturated rings. The Bertz CT molecular complexity index is 677. The van der Waals surface area contributed by atoms with Crippen LogP contribution in [0.1, 0.15) is 36.2 Å². The van der Waals surface area contributed by atoms with Crippen molar-refractivity contribution in [2.75, 3.05) is 26.7 Å². The molecule has 0 radical (unpaired) electrons. The second-order valence-electron chi connectivity index (χ2n) is 7.08. The number of likely N-dealkylation sites (tertiary alicyclic amines) is 1. The van der Waals surface area contributed by atoms with Gasteiger partial charge in [-0.25, -0.2) is 0 Å². The van der Waals surface area contributed by atoms with Crippen LogP contribution in [0.25, 0.3) is 0 Å². The number of hydrogen-bond acceptors (Lipinski definition) is 4. The van der Waals surface area contributed by atoms with Crippen LogP contribution in [0.15, 0.2) is 41.8 Å². The minimum atomic E-state index is 0.0714. The van der Waals surface area contributed by atoms with Crippen molar-refractivity contribution in [2.24, 2.45) is 5.92 Å². The van der Waals surface area contributed by atoms with E-state index in [4.69, 9.17) is 4.74 Å². The molecule has 26 heavy (non-hydrogen) atoms. The molecule has 2 heterocycles. The fourth-order valence-electron chi connectivity index (χ4n) is 3.43. The number of hydrogen-bond donors (Lipinski definition) is 1. The summed E-state index contributed by atoms with van der Waals surface area (Å²) in [4.78, 5) is 16.3. The van der Waals surface area contributed by atoms with Crippen molar-refractivity contribution >= 4 is 17.2 Å². The van der Waals surface area contributed by atoms with Crippen LogP contribution in [0.5, 0.6) is 5.75 Å². The van der Waals surface area contributed by atoms with E-state index in [1.54, 1.807) is 18.4 Å². The molecule has 1 amide bonds. The maximum atomic E-state index is 12.4. The Balaban J connectivity index is 1.57. The van der Waals surface area contributed by atoms with Crippen LogP contribution in [0.4, 0.5) is 0 Å². The van der Waals surface area contributed by atoms with Crippen LogP contribution in [0.2, 0.25) is 0 Å². The normalized spacial score (nSPS) is 17.0. The molecule has 0 aliphatic carbocycles. The summed E-state index contributed by atoms with van der Waals surface area (Å²) in [5.41, 5.74) is 1.00. The molecule has 1 aromatic heterocycles. The van der Waals surface area contributed by atoms with Crippen LogP contribution in [-0.4, -0.2) is 37.6 Å². The Labute approximate surface area is 160 Å². The summed E-state index contributed by atoms with van der Waals surface area (Å²) in [6, 6.07) is 12.2. The molecular weight excluding hydrogens is 344 g/mol. The van der Waals surface area contributed by atoms with E-state index in [2.05, 4.69) is 34.7 Å². The van der Waals surface area contributed by atoms with Crippen molar-refractivity contribution in [3.8, 4) is 5.75 Å². The van der Waals surface area contributed by atoms with Crippen LogP contribution in [-0.2, 0) is 11.2 Å². The van der Waals surface area contributed by atoms with Crippen molar-refractivity contribution in [2.45, 2.75) is 32.2 Å². The first-order valence-electron chi connectivity index (χ1n) is 9.33. The van der Waals surface area contributed by atoms with E-state index < -0.39 is 0 Å².